The van der Waals surface area contributed by atoms with Gasteiger partial charge in [-0.2, -0.15) is 0 Å². The van der Waals surface area contributed by atoms with Crippen molar-refractivity contribution in [2.75, 3.05) is 19.6 Å². The fourth-order valence-electron chi connectivity index (χ4n) is 2.95. The molecule has 2 atom stereocenters. The van der Waals surface area contributed by atoms with E-state index in [1.807, 2.05) is 6.92 Å². The summed E-state index contributed by atoms with van der Waals surface area (Å²) in [6.07, 6.45) is 2.05. The number of hydrogen-bond acceptors (Lipinski definition) is 2. The summed E-state index contributed by atoms with van der Waals surface area (Å²) in [4.78, 5) is 2.19. The molecule has 1 aromatic rings. The van der Waals surface area contributed by atoms with E-state index in [1.165, 1.54) is 12.1 Å². The Balaban J connectivity index is 2.38. The molecule has 1 aromatic carbocycles. The number of likely N-dealkylation sites (tertiary alicyclic amines) is 1. The van der Waals surface area contributed by atoms with Gasteiger partial charge in [-0.15, -0.1) is 0 Å². The lowest BCUT2D eigenvalue weighted by atomic mass is 9.84. The van der Waals surface area contributed by atoms with Gasteiger partial charge in [0.25, 0.3) is 0 Å². The lowest BCUT2D eigenvalue weighted by Gasteiger charge is -2.41. The van der Waals surface area contributed by atoms with Crippen LogP contribution in [0.5, 0.6) is 0 Å². The standard InChI is InChI=1S/C14H20F2N2/c1-2-18-7-3-4-10(9-17)14(18)12-8-11(15)5-6-13(12)16/h5-6,8,10,14H,2-4,7,9,17H2,1H3. The van der Waals surface area contributed by atoms with Crippen molar-refractivity contribution < 1.29 is 8.78 Å². The predicted octanol–water partition coefficient (Wildman–Crippen LogP) is 2.70. The van der Waals surface area contributed by atoms with Crippen LogP contribution in [-0.2, 0) is 0 Å². The Kier molecular flexibility index (Phi) is 4.30. The van der Waals surface area contributed by atoms with Gasteiger partial charge in [0.05, 0.1) is 0 Å². The summed E-state index contributed by atoms with van der Waals surface area (Å²) in [6.45, 7) is 4.31. The zero-order valence-electron chi connectivity index (χ0n) is 10.7. The molecule has 0 radical (unpaired) electrons. The molecule has 1 aliphatic heterocycles. The zero-order valence-corrected chi connectivity index (χ0v) is 10.7. The van der Waals surface area contributed by atoms with Gasteiger partial charge in [-0.05, 0) is 56.6 Å². The van der Waals surface area contributed by atoms with Gasteiger partial charge in [0.1, 0.15) is 11.6 Å². The van der Waals surface area contributed by atoms with Crippen LogP contribution >= 0.6 is 0 Å². The number of piperidine rings is 1. The van der Waals surface area contributed by atoms with Gasteiger partial charge in [0.2, 0.25) is 0 Å². The lowest BCUT2D eigenvalue weighted by molar-refractivity contribution is 0.0989. The van der Waals surface area contributed by atoms with E-state index in [0.29, 0.717) is 12.1 Å². The van der Waals surface area contributed by atoms with Crippen LogP contribution in [0.1, 0.15) is 31.4 Å². The van der Waals surface area contributed by atoms with Crippen molar-refractivity contribution in [2.45, 2.75) is 25.8 Å². The van der Waals surface area contributed by atoms with Crippen LogP contribution in [0.25, 0.3) is 0 Å². The van der Waals surface area contributed by atoms with Crippen molar-refractivity contribution in [2.24, 2.45) is 11.7 Å². The van der Waals surface area contributed by atoms with Crippen molar-refractivity contribution >= 4 is 0 Å². The molecule has 2 N–H and O–H groups in total. The number of rotatable bonds is 3. The monoisotopic (exact) mass is 254 g/mol. The highest BCUT2D eigenvalue weighted by molar-refractivity contribution is 5.24. The van der Waals surface area contributed by atoms with Crippen LogP contribution in [0, 0.1) is 17.6 Å². The Morgan fingerprint density at radius 2 is 2.17 bits per heavy atom. The molecule has 0 bridgehead atoms. The molecule has 0 aromatic heterocycles. The predicted molar refractivity (Wildman–Crippen MR) is 68.1 cm³/mol. The molecule has 2 rings (SSSR count). The van der Waals surface area contributed by atoms with Gasteiger partial charge < -0.3 is 5.73 Å². The Bertz CT molecular complexity index is 397. The van der Waals surface area contributed by atoms with E-state index in [1.54, 1.807) is 0 Å². The first-order valence-corrected chi connectivity index (χ1v) is 6.56. The summed E-state index contributed by atoms with van der Waals surface area (Å²) in [5, 5.41) is 0. The van der Waals surface area contributed by atoms with Gasteiger partial charge >= 0.3 is 0 Å². The number of hydrogen-bond donors (Lipinski definition) is 1. The number of benzene rings is 1. The molecule has 100 valence electrons. The van der Waals surface area contributed by atoms with Crippen molar-refractivity contribution in [3.05, 3.63) is 35.4 Å². The fourth-order valence-corrected chi connectivity index (χ4v) is 2.95. The molecular formula is C14H20F2N2. The fraction of sp³-hybridized carbons (Fsp3) is 0.571. The third kappa shape index (κ3) is 2.54. The quantitative estimate of drug-likeness (QED) is 0.898. The van der Waals surface area contributed by atoms with Crippen LogP contribution in [-0.4, -0.2) is 24.5 Å². The van der Waals surface area contributed by atoms with Crippen molar-refractivity contribution in [3.63, 3.8) is 0 Å². The Morgan fingerprint density at radius 3 is 2.83 bits per heavy atom. The molecule has 2 nitrogen and oxygen atoms in total. The lowest BCUT2D eigenvalue weighted by Crippen LogP contribution is -2.41. The van der Waals surface area contributed by atoms with Crippen LogP contribution < -0.4 is 5.73 Å². The Labute approximate surface area is 107 Å². The maximum Gasteiger partial charge on any atom is 0.128 e. The highest BCUT2D eigenvalue weighted by Gasteiger charge is 2.32. The molecular weight excluding hydrogens is 234 g/mol. The van der Waals surface area contributed by atoms with E-state index in [2.05, 4.69) is 4.90 Å². The summed E-state index contributed by atoms with van der Waals surface area (Å²) >= 11 is 0. The number of halogens is 2. The first-order valence-electron chi connectivity index (χ1n) is 6.56. The molecule has 1 fully saturated rings. The van der Waals surface area contributed by atoms with Gasteiger partial charge in [0.15, 0.2) is 0 Å². The molecule has 0 saturated carbocycles. The van der Waals surface area contributed by atoms with E-state index < -0.39 is 0 Å². The summed E-state index contributed by atoms with van der Waals surface area (Å²) < 4.78 is 27.3. The second-order valence-electron chi connectivity index (χ2n) is 4.88. The van der Waals surface area contributed by atoms with Gasteiger partial charge in [0, 0.05) is 11.6 Å². The molecule has 0 aliphatic carbocycles. The molecule has 18 heavy (non-hydrogen) atoms. The SMILES string of the molecule is CCN1CCCC(CN)C1c1cc(F)ccc1F. The minimum Gasteiger partial charge on any atom is -0.330 e. The van der Waals surface area contributed by atoms with E-state index >= 15 is 0 Å². The van der Waals surface area contributed by atoms with E-state index in [9.17, 15) is 8.78 Å². The molecule has 0 spiro atoms. The number of nitrogens with two attached hydrogens (primary N) is 1. The average molecular weight is 254 g/mol. The first-order chi connectivity index (χ1) is 8.67. The van der Waals surface area contributed by atoms with E-state index in [-0.39, 0.29) is 23.6 Å². The molecule has 1 aliphatic rings. The maximum atomic E-state index is 13.9. The van der Waals surface area contributed by atoms with Crippen LogP contribution in [0.4, 0.5) is 8.78 Å². The third-order valence-corrected chi connectivity index (χ3v) is 3.85. The summed E-state index contributed by atoms with van der Waals surface area (Å²) in [6, 6.07) is 3.59. The summed E-state index contributed by atoms with van der Waals surface area (Å²) in [5.41, 5.74) is 6.24. The first kappa shape index (κ1) is 13.4. The smallest absolute Gasteiger partial charge is 0.128 e. The summed E-state index contributed by atoms with van der Waals surface area (Å²) in [5.74, 6) is -0.515. The van der Waals surface area contributed by atoms with Crippen molar-refractivity contribution in [1.29, 1.82) is 0 Å². The highest BCUT2D eigenvalue weighted by atomic mass is 19.1. The van der Waals surface area contributed by atoms with Crippen molar-refractivity contribution in [1.82, 2.24) is 4.90 Å². The van der Waals surface area contributed by atoms with E-state index in [0.717, 1.165) is 32.0 Å². The van der Waals surface area contributed by atoms with Crippen LogP contribution in [0.3, 0.4) is 0 Å². The average Bonchev–Trinajstić information content (AvgIpc) is 2.40. The minimum absolute atomic E-state index is 0.0931. The minimum atomic E-state index is -0.385. The Morgan fingerprint density at radius 1 is 1.39 bits per heavy atom. The maximum absolute atomic E-state index is 13.9. The normalized spacial score (nSPS) is 25.3. The molecule has 1 heterocycles. The number of nitrogens with zero attached hydrogens (tertiary/aromatic N) is 1. The molecule has 4 heteroatoms. The zero-order chi connectivity index (χ0) is 13.1. The van der Waals surface area contributed by atoms with Crippen molar-refractivity contribution in [3.8, 4) is 0 Å². The molecule has 0 amide bonds. The van der Waals surface area contributed by atoms with Gasteiger partial charge in [-0.1, -0.05) is 6.92 Å². The Hall–Kier alpha value is -1.00. The third-order valence-electron chi connectivity index (χ3n) is 3.85. The second-order valence-corrected chi connectivity index (χ2v) is 4.88. The topological polar surface area (TPSA) is 29.3 Å². The van der Waals surface area contributed by atoms with Crippen LogP contribution in [0.15, 0.2) is 18.2 Å². The molecule has 1 saturated heterocycles. The second kappa shape index (κ2) is 5.76. The van der Waals surface area contributed by atoms with Gasteiger partial charge in [-0.3, -0.25) is 4.90 Å². The van der Waals surface area contributed by atoms with Crippen LogP contribution in [0.2, 0.25) is 0 Å². The highest BCUT2D eigenvalue weighted by Crippen LogP contribution is 2.36. The summed E-state index contributed by atoms with van der Waals surface area (Å²) in [7, 11) is 0. The van der Waals surface area contributed by atoms with Gasteiger partial charge in [-0.25, -0.2) is 8.78 Å². The largest absolute Gasteiger partial charge is 0.330 e. The molecule has 2 unspecified atom stereocenters. The van der Waals surface area contributed by atoms with E-state index in [4.69, 9.17) is 5.73 Å².